The molecule has 0 aliphatic rings. The average molecular weight is 237 g/mol. The summed E-state index contributed by atoms with van der Waals surface area (Å²) in [5.41, 5.74) is -0.382. The molecule has 0 aliphatic heterocycles. The standard InChI is InChI=1S/C11H9F2N3O/c1-6-14-7(2)16(15-6)11-9(12)3-8(5-17)4-10(11)13/h3-5H,1-2H3. The van der Waals surface area contributed by atoms with E-state index in [4.69, 9.17) is 0 Å². The third kappa shape index (κ3) is 1.93. The Morgan fingerprint density at radius 3 is 2.24 bits per heavy atom. The molecule has 2 aromatic rings. The van der Waals surface area contributed by atoms with E-state index in [1.54, 1.807) is 13.8 Å². The van der Waals surface area contributed by atoms with Crippen molar-refractivity contribution in [3.63, 3.8) is 0 Å². The maximum atomic E-state index is 13.7. The second kappa shape index (κ2) is 4.04. The minimum absolute atomic E-state index is 0.0572. The lowest BCUT2D eigenvalue weighted by atomic mass is 10.2. The van der Waals surface area contributed by atoms with Crippen LogP contribution in [0.3, 0.4) is 0 Å². The lowest BCUT2D eigenvalue weighted by molar-refractivity contribution is 0.112. The zero-order valence-corrected chi connectivity index (χ0v) is 9.24. The molecule has 0 spiro atoms. The van der Waals surface area contributed by atoms with Crippen LogP contribution in [0, 0.1) is 25.5 Å². The van der Waals surface area contributed by atoms with Crippen molar-refractivity contribution < 1.29 is 13.6 Å². The van der Waals surface area contributed by atoms with Crippen LogP contribution in [0.15, 0.2) is 12.1 Å². The first kappa shape index (κ1) is 11.4. The monoisotopic (exact) mass is 237 g/mol. The van der Waals surface area contributed by atoms with Gasteiger partial charge in [0, 0.05) is 5.56 Å². The smallest absolute Gasteiger partial charge is 0.152 e. The van der Waals surface area contributed by atoms with E-state index in [9.17, 15) is 13.6 Å². The number of halogens is 2. The van der Waals surface area contributed by atoms with E-state index < -0.39 is 11.6 Å². The van der Waals surface area contributed by atoms with Crippen LogP contribution >= 0.6 is 0 Å². The van der Waals surface area contributed by atoms with Gasteiger partial charge in [0.15, 0.2) is 11.6 Å². The zero-order valence-electron chi connectivity index (χ0n) is 9.24. The maximum absolute atomic E-state index is 13.7. The van der Waals surface area contributed by atoms with Gasteiger partial charge in [0.25, 0.3) is 0 Å². The molecule has 0 amide bonds. The first-order valence-electron chi connectivity index (χ1n) is 4.88. The molecule has 2 rings (SSSR count). The molecule has 0 atom stereocenters. The quantitative estimate of drug-likeness (QED) is 0.750. The van der Waals surface area contributed by atoms with E-state index in [0.29, 0.717) is 17.9 Å². The second-order valence-electron chi connectivity index (χ2n) is 3.57. The minimum Gasteiger partial charge on any atom is -0.298 e. The molecule has 0 N–H and O–H groups in total. The van der Waals surface area contributed by atoms with Crippen LogP contribution in [0.5, 0.6) is 0 Å². The summed E-state index contributed by atoms with van der Waals surface area (Å²) in [6, 6.07) is 1.92. The molecular weight excluding hydrogens is 228 g/mol. The van der Waals surface area contributed by atoms with Crippen LogP contribution < -0.4 is 0 Å². The highest BCUT2D eigenvalue weighted by Crippen LogP contribution is 2.19. The number of carbonyl (C=O) groups excluding carboxylic acids is 1. The molecule has 4 nitrogen and oxygen atoms in total. The highest BCUT2D eigenvalue weighted by molar-refractivity contribution is 5.75. The van der Waals surface area contributed by atoms with Crippen LogP contribution in [0.4, 0.5) is 8.78 Å². The molecule has 0 radical (unpaired) electrons. The Morgan fingerprint density at radius 2 is 1.82 bits per heavy atom. The van der Waals surface area contributed by atoms with Gasteiger partial charge in [-0.05, 0) is 26.0 Å². The normalized spacial score (nSPS) is 10.6. The predicted octanol–water partition coefficient (Wildman–Crippen LogP) is 1.97. The highest BCUT2D eigenvalue weighted by Gasteiger charge is 2.16. The summed E-state index contributed by atoms with van der Waals surface area (Å²) >= 11 is 0. The summed E-state index contributed by atoms with van der Waals surface area (Å²) in [6.07, 6.45) is 0.384. The Kier molecular flexibility index (Phi) is 2.71. The van der Waals surface area contributed by atoms with Crippen LogP contribution in [-0.4, -0.2) is 21.1 Å². The average Bonchev–Trinajstić information content (AvgIpc) is 2.57. The third-order valence-corrected chi connectivity index (χ3v) is 2.26. The number of aldehydes is 1. The highest BCUT2D eigenvalue weighted by atomic mass is 19.1. The van der Waals surface area contributed by atoms with Crippen molar-refractivity contribution >= 4 is 6.29 Å². The molecule has 0 bridgehead atoms. The van der Waals surface area contributed by atoms with Crippen molar-refractivity contribution in [3.05, 3.63) is 41.0 Å². The number of rotatable bonds is 2. The molecule has 0 aliphatic carbocycles. The van der Waals surface area contributed by atoms with E-state index in [0.717, 1.165) is 16.8 Å². The van der Waals surface area contributed by atoms with Crippen LogP contribution in [-0.2, 0) is 0 Å². The van der Waals surface area contributed by atoms with Crippen LogP contribution in [0.2, 0.25) is 0 Å². The molecule has 0 fully saturated rings. The molecule has 1 heterocycles. The molecular formula is C11H9F2N3O. The Hall–Kier alpha value is -2.11. The van der Waals surface area contributed by atoms with E-state index >= 15 is 0 Å². The van der Waals surface area contributed by atoms with Gasteiger partial charge in [0.05, 0.1) is 0 Å². The second-order valence-corrected chi connectivity index (χ2v) is 3.57. The first-order valence-corrected chi connectivity index (χ1v) is 4.88. The van der Waals surface area contributed by atoms with Crippen molar-refractivity contribution in [1.82, 2.24) is 14.8 Å². The fourth-order valence-electron chi connectivity index (χ4n) is 1.59. The number of benzene rings is 1. The molecule has 1 aromatic carbocycles. The van der Waals surface area contributed by atoms with Gasteiger partial charge in [-0.25, -0.2) is 18.4 Å². The summed E-state index contributed by atoms with van der Waals surface area (Å²) in [5, 5.41) is 3.89. The van der Waals surface area contributed by atoms with Gasteiger partial charge in [-0.2, -0.15) is 5.10 Å². The van der Waals surface area contributed by atoms with E-state index in [1.165, 1.54) is 0 Å². The molecule has 0 saturated carbocycles. The van der Waals surface area contributed by atoms with Gasteiger partial charge in [-0.3, -0.25) is 4.79 Å². The number of aromatic nitrogens is 3. The van der Waals surface area contributed by atoms with Gasteiger partial charge in [0.1, 0.15) is 23.6 Å². The van der Waals surface area contributed by atoms with E-state index in [2.05, 4.69) is 10.1 Å². The predicted molar refractivity (Wildman–Crippen MR) is 56.1 cm³/mol. The zero-order chi connectivity index (χ0) is 12.6. The van der Waals surface area contributed by atoms with E-state index in [1.807, 2.05) is 0 Å². The summed E-state index contributed by atoms with van der Waals surface area (Å²) < 4.78 is 28.4. The van der Waals surface area contributed by atoms with Gasteiger partial charge >= 0.3 is 0 Å². The van der Waals surface area contributed by atoms with Gasteiger partial charge in [0.2, 0.25) is 0 Å². The van der Waals surface area contributed by atoms with Gasteiger partial charge < -0.3 is 0 Å². The van der Waals surface area contributed by atoms with Crippen molar-refractivity contribution in [1.29, 1.82) is 0 Å². The molecule has 0 saturated heterocycles. The summed E-state index contributed by atoms with van der Waals surface area (Å²) in [7, 11) is 0. The third-order valence-electron chi connectivity index (χ3n) is 2.26. The van der Waals surface area contributed by atoms with Crippen molar-refractivity contribution in [2.24, 2.45) is 0 Å². The van der Waals surface area contributed by atoms with E-state index in [-0.39, 0.29) is 11.3 Å². The first-order chi connectivity index (χ1) is 8.02. The fraction of sp³-hybridized carbons (Fsp3) is 0.182. The summed E-state index contributed by atoms with van der Waals surface area (Å²) in [4.78, 5) is 14.4. The Labute approximate surface area is 95.9 Å². The summed E-state index contributed by atoms with van der Waals surface area (Å²) in [6.45, 7) is 3.21. The van der Waals surface area contributed by atoms with Crippen LogP contribution in [0.25, 0.3) is 5.69 Å². The van der Waals surface area contributed by atoms with Crippen molar-refractivity contribution in [2.45, 2.75) is 13.8 Å². The summed E-state index contributed by atoms with van der Waals surface area (Å²) in [5.74, 6) is -0.903. The molecule has 1 aromatic heterocycles. The largest absolute Gasteiger partial charge is 0.298 e. The van der Waals surface area contributed by atoms with Crippen LogP contribution in [0.1, 0.15) is 22.0 Å². The van der Waals surface area contributed by atoms with Gasteiger partial charge in [-0.15, -0.1) is 0 Å². The Morgan fingerprint density at radius 1 is 1.24 bits per heavy atom. The molecule has 6 heteroatoms. The van der Waals surface area contributed by atoms with Crippen molar-refractivity contribution in [3.8, 4) is 5.69 Å². The Balaban J connectivity index is 2.67. The van der Waals surface area contributed by atoms with Crippen molar-refractivity contribution in [2.75, 3.05) is 0 Å². The lowest BCUT2D eigenvalue weighted by Crippen LogP contribution is -2.06. The maximum Gasteiger partial charge on any atom is 0.152 e. The minimum atomic E-state index is -0.847. The molecule has 88 valence electrons. The number of nitrogens with zero attached hydrogens (tertiary/aromatic N) is 3. The molecule has 0 unspecified atom stereocenters. The fourth-order valence-corrected chi connectivity index (χ4v) is 1.59. The van der Waals surface area contributed by atoms with Gasteiger partial charge in [-0.1, -0.05) is 0 Å². The lowest BCUT2D eigenvalue weighted by Gasteiger charge is -2.06. The molecule has 17 heavy (non-hydrogen) atoms. The SMILES string of the molecule is Cc1nc(C)n(-c2c(F)cc(C=O)cc2F)n1. The number of aryl methyl sites for hydroxylation is 2. The number of hydrogen-bond acceptors (Lipinski definition) is 3. The topological polar surface area (TPSA) is 47.8 Å². The number of carbonyl (C=O) groups is 1. The Bertz CT molecular complexity index is 569. The number of hydrogen-bond donors (Lipinski definition) is 0.